The topological polar surface area (TPSA) is 0 Å². The Morgan fingerprint density at radius 1 is 1.67 bits per heavy atom. The molecule has 0 amide bonds. The van der Waals surface area contributed by atoms with Crippen molar-refractivity contribution < 1.29 is 23.2 Å². The van der Waals surface area contributed by atoms with E-state index in [-0.39, 0.29) is 23.2 Å². The van der Waals surface area contributed by atoms with Gasteiger partial charge in [0.05, 0.1) is 0 Å². The molecular weight excluding hydrogens is 187 g/mol. The molecule has 0 saturated carbocycles. The van der Waals surface area contributed by atoms with Crippen LogP contribution in [0.25, 0.3) is 0 Å². The van der Waals surface area contributed by atoms with Crippen LogP contribution in [-0.4, -0.2) is 0 Å². The van der Waals surface area contributed by atoms with Crippen molar-refractivity contribution in [3.63, 3.8) is 0 Å². The summed E-state index contributed by atoms with van der Waals surface area (Å²) in [7, 11) is 0. The van der Waals surface area contributed by atoms with Gasteiger partial charge in [-0.05, 0) is 0 Å². The van der Waals surface area contributed by atoms with Crippen molar-refractivity contribution in [1.29, 1.82) is 0 Å². The monoisotopic (exact) mass is 198 g/mol. The van der Waals surface area contributed by atoms with E-state index >= 15 is 0 Å². The predicted octanol–water partition coefficient (Wildman–Crippen LogP) is 2.74. The summed E-state index contributed by atoms with van der Waals surface area (Å²) in [6.45, 7) is 2.28. The molecule has 9 heavy (non-hydrogen) atoms. The third kappa shape index (κ3) is 2.62. The number of hydrogen-bond acceptors (Lipinski definition) is 0. The standard InChI is InChI=1S/C5H5.C3H7.Zr/c1-2-4-5-3-1;1-3-2;/h1-3H,4H2;1,3H2,2H3;. The summed E-state index contributed by atoms with van der Waals surface area (Å²) in [5.41, 5.74) is 0. The first-order valence-electron chi connectivity index (χ1n) is 3.53. The first-order valence-corrected chi connectivity index (χ1v) is 6.49. The van der Waals surface area contributed by atoms with Gasteiger partial charge in [0.15, 0.2) is 0 Å². The summed E-state index contributed by atoms with van der Waals surface area (Å²) in [5, 5.41) is 0. The van der Waals surface area contributed by atoms with Crippen LogP contribution in [0.4, 0.5) is 0 Å². The van der Waals surface area contributed by atoms with Crippen LogP contribution in [0.2, 0.25) is 4.13 Å². The van der Waals surface area contributed by atoms with Crippen LogP contribution in [0.3, 0.4) is 0 Å². The molecule has 0 fully saturated rings. The molecule has 0 saturated heterocycles. The van der Waals surface area contributed by atoms with Gasteiger partial charge in [-0.25, -0.2) is 0 Å². The summed E-state index contributed by atoms with van der Waals surface area (Å²) in [6, 6.07) is 0. The zero-order chi connectivity index (χ0) is 6.53. The van der Waals surface area contributed by atoms with Gasteiger partial charge in [0, 0.05) is 0 Å². The number of hydrogen-bond donors (Lipinski definition) is 0. The minimum absolute atomic E-state index is 0.0651. The summed E-state index contributed by atoms with van der Waals surface area (Å²) in [6.07, 6.45) is 9.47. The van der Waals surface area contributed by atoms with Crippen molar-refractivity contribution in [2.24, 2.45) is 0 Å². The molecule has 0 N–H and O–H groups in total. The van der Waals surface area contributed by atoms with Gasteiger partial charge in [-0.3, -0.25) is 0 Å². The van der Waals surface area contributed by atoms with Crippen molar-refractivity contribution in [3.05, 3.63) is 21.5 Å². The molecule has 0 unspecified atom stereocenters. The molecule has 0 radical (unpaired) electrons. The fraction of sp³-hybridized carbons (Fsp3) is 0.500. The van der Waals surface area contributed by atoms with E-state index in [9.17, 15) is 0 Å². The molecule has 0 spiro atoms. The van der Waals surface area contributed by atoms with E-state index in [0.717, 1.165) is 0 Å². The average molecular weight is 199 g/mol. The van der Waals surface area contributed by atoms with Crippen LogP contribution >= 0.6 is 0 Å². The number of rotatable bonds is 3. The molecule has 0 aromatic carbocycles. The van der Waals surface area contributed by atoms with E-state index in [4.69, 9.17) is 0 Å². The van der Waals surface area contributed by atoms with Gasteiger partial charge in [-0.1, -0.05) is 0 Å². The summed E-state index contributed by atoms with van der Waals surface area (Å²) < 4.78 is 3.30. The third-order valence-electron chi connectivity index (χ3n) is 1.37. The van der Waals surface area contributed by atoms with Gasteiger partial charge in [-0.15, -0.1) is 0 Å². The fourth-order valence-corrected chi connectivity index (χ4v) is 3.44. The number of allylic oxidation sites excluding steroid dienone is 4. The first-order chi connectivity index (χ1) is 4.43. The van der Waals surface area contributed by atoms with E-state index in [0.29, 0.717) is 0 Å². The molecule has 1 heteroatoms. The van der Waals surface area contributed by atoms with Crippen molar-refractivity contribution in [2.75, 3.05) is 0 Å². The molecule has 48 valence electrons. The zero-order valence-corrected chi connectivity index (χ0v) is 8.31. The second-order valence-corrected chi connectivity index (χ2v) is 5.93. The maximum atomic E-state index is 2.32. The molecule has 0 aromatic rings. The Morgan fingerprint density at radius 3 is 3.11 bits per heavy atom. The molecule has 0 aromatic heterocycles. The van der Waals surface area contributed by atoms with Gasteiger partial charge in [0.1, 0.15) is 0 Å². The Morgan fingerprint density at radius 2 is 2.56 bits per heavy atom. The van der Waals surface area contributed by atoms with Gasteiger partial charge in [-0.2, -0.15) is 0 Å². The van der Waals surface area contributed by atoms with Crippen LogP contribution in [-0.2, 0) is 23.2 Å². The second-order valence-electron chi connectivity index (χ2n) is 2.25. The molecule has 1 aliphatic rings. The molecule has 0 nitrogen and oxygen atoms in total. The summed E-state index contributed by atoms with van der Waals surface area (Å²) in [5.74, 6) is 0. The Bertz CT molecular complexity index is 134. The van der Waals surface area contributed by atoms with Crippen molar-refractivity contribution >= 4 is 0 Å². The maximum absolute atomic E-state index is 2.32. The van der Waals surface area contributed by atoms with Crippen LogP contribution in [0.5, 0.6) is 0 Å². The molecular formula is C8H12Zr. The molecule has 1 aliphatic carbocycles. The molecule has 1 rings (SSSR count). The van der Waals surface area contributed by atoms with Crippen molar-refractivity contribution in [2.45, 2.75) is 23.9 Å². The Hall–Kier alpha value is 0.363. The SMILES string of the molecule is CC[CH2][Zr][C]1=CC=CC1. The Balaban J connectivity index is 2.14. The second kappa shape index (κ2) is 4.22. The van der Waals surface area contributed by atoms with Crippen LogP contribution in [0.1, 0.15) is 19.8 Å². The average Bonchev–Trinajstić information content (AvgIpc) is 2.34. The van der Waals surface area contributed by atoms with E-state index in [2.05, 4.69) is 25.2 Å². The Kier molecular flexibility index (Phi) is 3.50. The van der Waals surface area contributed by atoms with Crippen LogP contribution < -0.4 is 0 Å². The molecule has 0 heterocycles. The van der Waals surface area contributed by atoms with Crippen molar-refractivity contribution in [3.8, 4) is 0 Å². The van der Waals surface area contributed by atoms with Crippen LogP contribution in [0.15, 0.2) is 21.5 Å². The van der Waals surface area contributed by atoms with Crippen LogP contribution in [0, 0.1) is 0 Å². The quantitative estimate of drug-likeness (QED) is 0.656. The summed E-state index contributed by atoms with van der Waals surface area (Å²) in [4.78, 5) is 0. The summed E-state index contributed by atoms with van der Waals surface area (Å²) >= 11 is -0.0651. The molecule has 0 atom stereocenters. The van der Waals surface area contributed by atoms with Gasteiger partial charge in [0.25, 0.3) is 0 Å². The Labute approximate surface area is 68.6 Å². The van der Waals surface area contributed by atoms with Gasteiger partial charge < -0.3 is 0 Å². The van der Waals surface area contributed by atoms with Gasteiger partial charge >= 0.3 is 68.6 Å². The van der Waals surface area contributed by atoms with E-state index in [1.165, 1.54) is 17.0 Å². The van der Waals surface area contributed by atoms with Gasteiger partial charge in [0.2, 0.25) is 0 Å². The van der Waals surface area contributed by atoms with Crippen molar-refractivity contribution in [1.82, 2.24) is 0 Å². The molecule has 0 bridgehead atoms. The minimum atomic E-state index is -0.0651. The van der Waals surface area contributed by atoms with E-state index in [1.807, 2.05) is 0 Å². The van der Waals surface area contributed by atoms with E-state index < -0.39 is 0 Å². The zero-order valence-electron chi connectivity index (χ0n) is 5.85. The van der Waals surface area contributed by atoms with E-state index in [1.54, 1.807) is 3.28 Å². The fourth-order valence-electron chi connectivity index (χ4n) is 0.864. The first kappa shape index (κ1) is 7.47. The normalized spacial score (nSPS) is 15.9. The third-order valence-corrected chi connectivity index (χ3v) is 5.24. The predicted molar refractivity (Wildman–Crippen MR) is 36.9 cm³/mol. The molecule has 0 aliphatic heterocycles.